The molecular weight excluding hydrogens is 204 g/mol. The summed E-state index contributed by atoms with van der Waals surface area (Å²) >= 11 is 6.36. The first-order chi connectivity index (χ1) is 7.15. The van der Waals surface area contributed by atoms with Gasteiger partial charge < -0.3 is 0 Å². The smallest absolute Gasteiger partial charge is 0.0338 e. The summed E-state index contributed by atoms with van der Waals surface area (Å²) in [7, 11) is 0. The topological polar surface area (TPSA) is 0 Å². The van der Waals surface area contributed by atoms with Crippen molar-refractivity contribution in [1.29, 1.82) is 0 Å². The van der Waals surface area contributed by atoms with Crippen molar-refractivity contribution in [2.24, 2.45) is 23.7 Å². The highest BCUT2D eigenvalue weighted by Gasteiger charge is 2.38. The average molecular weight is 229 g/mol. The molecule has 0 spiro atoms. The van der Waals surface area contributed by atoms with E-state index in [1.807, 2.05) is 0 Å². The second kappa shape index (κ2) is 5.08. The van der Waals surface area contributed by atoms with Gasteiger partial charge in [-0.15, -0.1) is 11.6 Å². The zero-order chi connectivity index (χ0) is 10.8. The number of halogens is 1. The number of fused-ring (bicyclic) bond motifs is 2. The third kappa shape index (κ3) is 3.12. The maximum Gasteiger partial charge on any atom is 0.0338 e. The van der Waals surface area contributed by atoms with E-state index < -0.39 is 0 Å². The van der Waals surface area contributed by atoms with Crippen molar-refractivity contribution in [3.63, 3.8) is 0 Å². The molecule has 2 saturated carbocycles. The van der Waals surface area contributed by atoms with Crippen molar-refractivity contribution >= 4 is 11.6 Å². The molecule has 4 unspecified atom stereocenters. The lowest BCUT2D eigenvalue weighted by Crippen LogP contribution is -2.13. The Kier molecular flexibility index (Phi) is 3.98. The molecule has 0 amide bonds. The first kappa shape index (κ1) is 11.8. The van der Waals surface area contributed by atoms with Crippen LogP contribution in [0.4, 0.5) is 0 Å². The van der Waals surface area contributed by atoms with Crippen LogP contribution in [0.1, 0.15) is 58.8 Å². The highest BCUT2D eigenvalue weighted by molar-refractivity contribution is 6.20. The van der Waals surface area contributed by atoms with Crippen LogP contribution in [0.15, 0.2) is 0 Å². The Labute approximate surface area is 99.8 Å². The zero-order valence-electron chi connectivity index (χ0n) is 10.2. The molecule has 0 radical (unpaired) electrons. The molecule has 2 aliphatic rings. The van der Waals surface area contributed by atoms with Crippen LogP contribution in [-0.4, -0.2) is 5.38 Å². The lowest BCUT2D eigenvalue weighted by atomic mass is 9.85. The van der Waals surface area contributed by atoms with Gasteiger partial charge in [0.05, 0.1) is 0 Å². The SMILES string of the molecule is CC(C)CC(Cl)CCC1CC2CCC1C2. The maximum atomic E-state index is 6.36. The van der Waals surface area contributed by atoms with Crippen molar-refractivity contribution in [3.8, 4) is 0 Å². The molecule has 2 aliphatic carbocycles. The van der Waals surface area contributed by atoms with Crippen LogP contribution in [0.5, 0.6) is 0 Å². The van der Waals surface area contributed by atoms with E-state index in [4.69, 9.17) is 11.6 Å². The van der Waals surface area contributed by atoms with Gasteiger partial charge in [0.1, 0.15) is 0 Å². The second-order valence-electron chi connectivity index (χ2n) is 6.24. The van der Waals surface area contributed by atoms with E-state index in [0.717, 1.165) is 23.7 Å². The van der Waals surface area contributed by atoms with E-state index in [9.17, 15) is 0 Å². The Morgan fingerprint density at radius 2 is 2.00 bits per heavy atom. The molecular formula is C14H25Cl. The quantitative estimate of drug-likeness (QED) is 0.590. The van der Waals surface area contributed by atoms with Gasteiger partial charge in [-0.3, -0.25) is 0 Å². The summed E-state index contributed by atoms with van der Waals surface area (Å²) < 4.78 is 0. The minimum Gasteiger partial charge on any atom is -0.123 e. The molecule has 15 heavy (non-hydrogen) atoms. The summed E-state index contributed by atoms with van der Waals surface area (Å²) in [4.78, 5) is 0. The van der Waals surface area contributed by atoms with Crippen LogP contribution >= 0.6 is 11.6 Å². The van der Waals surface area contributed by atoms with E-state index in [1.165, 1.54) is 38.5 Å². The minimum atomic E-state index is 0.434. The Balaban J connectivity index is 1.66. The molecule has 0 aromatic carbocycles. The number of hydrogen-bond acceptors (Lipinski definition) is 0. The van der Waals surface area contributed by atoms with Crippen LogP contribution in [0.2, 0.25) is 0 Å². The number of rotatable bonds is 5. The van der Waals surface area contributed by atoms with Crippen molar-refractivity contribution < 1.29 is 0 Å². The second-order valence-corrected chi connectivity index (χ2v) is 6.86. The van der Waals surface area contributed by atoms with Gasteiger partial charge in [-0.2, -0.15) is 0 Å². The molecule has 0 saturated heterocycles. The van der Waals surface area contributed by atoms with Crippen molar-refractivity contribution in [2.45, 2.75) is 64.2 Å². The third-order valence-electron chi connectivity index (χ3n) is 4.46. The standard InChI is InChI=1S/C14H25Cl/c1-10(2)7-14(15)6-5-13-9-11-3-4-12(13)8-11/h10-14H,3-9H2,1-2H3. The Hall–Kier alpha value is 0.290. The Morgan fingerprint density at radius 3 is 2.53 bits per heavy atom. The van der Waals surface area contributed by atoms with Crippen molar-refractivity contribution in [3.05, 3.63) is 0 Å². The van der Waals surface area contributed by atoms with Crippen LogP contribution in [0.3, 0.4) is 0 Å². The molecule has 2 rings (SSSR count). The summed E-state index contributed by atoms with van der Waals surface area (Å²) in [6.07, 6.45) is 9.97. The molecule has 0 aromatic rings. The molecule has 0 N–H and O–H groups in total. The van der Waals surface area contributed by atoms with E-state index in [1.54, 1.807) is 6.42 Å². The fourth-order valence-electron chi connectivity index (χ4n) is 3.75. The largest absolute Gasteiger partial charge is 0.123 e. The van der Waals surface area contributed by atoms with Crippen LogP contribution < -0.4 is 0 Å². The Bertz CT molecular complexity index is 200. The lowest BCUT2D eigenvalue weighted by molar-refractivity contribution is 0.304. The van der Waals surface area contributed by atoms with Crippen LogP contribution in [-0.2, 0) is 0 Å². The summed E-state index contributed by atoms with van der Waals surface area (Å²) in [6.45, 7) is 4.54. The van der Waals surface area contributed by atoms with E-state index >= 15 is 0 Å². The minimum absolute atomic E-state index is 0.434. The highest BCUT2D eigenvalue weighted by atomic mass is 35.5. The van der Waals surface area contributed by atoms with Gasteiger partial charge in [0.25, 0.3) is 0 Å². The third-order valence-corrected chi connectivity index (χ3v) is 4.86. The van der Waals surface area contributed by atoms with Crippen LogP contribution in [0.25, 0.3) is 0 Å². The first-order valence-electron chi connectivity index (χ1n) is 6.79. The molecule has 0 nitrogen and oxygen atoms in total. The summed E-state index contributed by atoms with van der Waals surface area (Å²) in [5.74, 6) is 3.97. The molecule has 2 fully saturated rings. The van der Waals surface area contributed by atoms with Gasteiger partial charge in [-0.25, -0.2) is 0 Å². The molecule has 0 heterocycles. The van der Waals surface area contributed by atoms with Crippen molar-refractivity contribution in [1.82, 2.24) is 0 Å². The molecule has 1 heteroatoms. The molecule has 4 atom stereocenters. The predicted molar refractivity (Wildman–Crippen MR) is 67.3 cm³/mol. The van der Waals surface area contributed by atoms with E-state index in [-0.39, 0.29) is 0 Å². The molecule has 0 aromatic heterocycles. The average Bonchev–Trinajstić information content (AvgIpc) is 2.74. The van der Waals surface area contributed by atoms with Gasteiger partial charge in [0.2, 0.25) is 0 Å². The van der Waals surface area contributed by atoms with Gasteiger partial charge >= 0.3 is 0 Å². The van der Waals surface area contributed by atoms with Gasteiger partial charge in [0, 0.05) is 5.38 Å². The fraction of sp³-hybridized carbons (Fsp3) is 1.00. The fourth-order valence-corrected chi connectivity index (χ4v) is 4.24. The zero-order valence-corrected chi connectivity index (χ0v) is 11.0. The van der Waals surface area contributed by atoms with E-state index in [2.05, 4.69) is 13.8 Å². The van der Waals surface area contributed by atoms with Gasteiger partial charge in [-0.05, 0) is 62.2 Å². The van der Waals surface area contributed by atoms with Crippen LogP contribution in [0, 0.1) is 23.7 Å². The Morgan fingerprint density at radius 1 is 1.20 bits per heavy atom. The summed E-state index contributed by atoms with van der Waals surface area (Å²) in [5.41, 5.74) is 0. The summed E-state index contributed by atoms with van der Waals surface area (Å²) in [6, 6.07) is 0. The number of alkyl halides is 1. The lowest BCUT2D eigenvalue weighted by Gasteiger charge is -2.22. The van der Waals surface area contributed by atoms with E-state index in [0.29, 0.717) is 5.38 Å². The number of hydrogen-bond donors (Lipinski definition) is 0. The first-order valence-corrected chi connectivity index (χ1v) is 7.23. The molecule has 88 valence electrons. The van der Waals surface area contributed by atoms with Gasteiger partial charge in [-0.1, -0.05) is 20.3 Å². The van der Waals surface area contributed by atoms with Crippen molar-refractivity contribution in [2.75, 3.05) is 0 Å². The predicted octanol–water partition coefficient (Wildman–Crippen LogP) is 4.86. The summed E-state index contributed by atoms with van der Waals surface area (Å²) in [5, 5.41) is 0.434. The molecule has 0 aliphatic heterocycles. The maximum absolute atomic E-state index is 6.36. The molecule has 2 bridgehead atoms. The highest BCUT2D eigenvalue weighted by Crippen LogP contribution is 2.50. The van der Waals surface area contributed by atoms with Gasteiger partial charge in [0.15, 0.2) is 0 Å². The monoisotopic (exact) mass is 228 g/mol. The normalized spacial score (nSPS) is 36.4.